The monoisotopic (exact) mass is 155 g/mol. The lowest BCUT2D eigenvalue weighted by Crippen LogP contribution is -2.11. The Balaban J connectivity index is 3.48. The highest BCUT2D eigenvalue weighted by atomic mass is 16.1. The number of unbranched alkanes of at least 4 members (excludes halogenated alkanes) is 3. The van der Waals surface area contributed by atoms with Crippen LogP contribution in [0.15, 0.2) is 11.6 Å². The molecule has 0 rings (SSSR count). The van der Waals surface area contributed by atoms with Crippen molar-refractivity contribution in [3.63, 3.8) is 0 Å². The van der Waals surface area contributed by atoms with Crippen LogP contribution in [0.2, 0.25) is 0 Å². The van der Waals surface area contributed by atoms with Crippen LogP contribution in [0, 0.1) is 0 Å². The van der Waals surface area contributed by atoms with Crippen LogP contribution < -0.4 is 5.73 Å². The van der Waals surface area contributed by atoms with E-state index in [9.17, 15) is 4.79 Å². The van der Waals surface area contributed by atoms with Gasteiger partial charge in [0.15, 0.2) is 0 Å². The molecule has 0 aromatic carbocycles. The molecule has 1 amide bonds. The van der Waals surface area contributed by atoms with Crippen molar-refractivity contribution in [1.82, 2.24) is 0 Å². The average Bonchev–Trinajstić information content (AvgIpc) is 1.97. The molecule has 2 nitrogen and oxygen atoms in total. The minimum Gasteiger partial charge on any atom is -0.366 e. The maximum absolute atomic E-state index is 10.5. The first-order valence-electron chi connectivity index (χ1n) is 4.15. The van der Waals surface area contributed by atoms with Crippen LogP contribution in [0.1, 0.15) is 39.5 Å². The highest BCUT2D eigenvalue weighted by Gasteiger charge is 1.94. The number of nitrogens with two attached hydrogens (primary N) is 1. The van der Waals surface area contributed by atoms with Gasteiger partial charge in [0.25, 0.3) is 0 Å². The van der Waals surface area contributed by atoms with Gasteiger partial charge in [-0.25, -0.2) is 0 Å². The molecule has 0 spiro atoms. The molecule has 0 saturated carbocycles. The number of primary amides is 1. The van der Waals surface area contributed by atoms with E-state index in [1.165, 1.54) is 12.8 Å². The number of rotatable bonds is 5. The van der Waals surface area contributed by atoms with Gasteiger partial charge in [-0.1, -0.05) is 25.8 Å². The van der Waals surface area contributed by atoms with Gasteiger partial charge < -0.3 is 5.73 Å². The summed E-state index contributed by atoms with van der Waals surface area (Å²) >= 11 is 0. The van der Waals surface area contributed by atoms with Crippen LogP contribution in [-0.2, 0) is 4.79 Å². The fourth-order valence-corrected chi connectivity index (χ4v) is 0.813. The third kappa shape index (κ3) is 5.64. The Bertz CT molecular complexity index is 150. The second kappa shape index (κ2) is 5.96. The summed E-state index contributed by atoms with van der Waals surface area (Å²) in [6.07, 6.45) is 6.48. The molecule has 0 heterocycles. The number of carbonyl (C=O) groups excluding carboxylic acids is 1. The summed E-state index contributed by atoms with van der Waals surface area (Å²) in [6.45, 7) is 3.92. The van der Waals surface area contributed by atoms with E-state index in [1.54, 1.807) is 6.92 Å². The molecule has 0 aliphatic carbocycles. The van der Waals surface area contributed by atoms with E-state index in [2.05, 4.69) is 6.92 Å². The normalized spacial score (nSPS) is 11.6. The van der Waals surface area contributed by atoms with Gasteiger partial charge >= 0.3 is 0 Å². The molecule has 0 aromatic rings. The Morgan fingerprint density at radius 3 is 2.55 bits per heavy atom. The van der Waals surface area contributed by atoms with Crippen molar-refractivity contribution < 1.29 is 4.79 Å². The summed E-state index contributed by atoms with van der Waals surface area (Å²) in [6, 6.07) is 0. The molecule has 0 bridgehead atoms. The van der Waals surface area contributed by atoms with Gasteiger partial charge in [0, 0.05) is 5.57 Å². The fraction of sp³-hybridized carbons (Fsp3) is 0.667. The number of allylic oxidation sites excluding steroid dienone is 1. The number of amides is 1. The SMILES string of the molecule is CCCCCC=C(C)C(N)=O. The van der Waals surface area contributed by atoms with Gasteiger partial charge in [0.1, 0.15) is 0 Å². The number of hydrogen-bond acceptors (Lipinski definition) is 1. The minimum absolute atomic E-state index is 0.304. The lowest BCUT2D eigenvalue weighted by Gasteiger charge is -1.94. The molecule has 2 heteroatoms. The van der Waals surface area contributed by atoms with E-state index in [-0.39, 0.29) is 5.91 Å². The number of carbonyl (C=O) groups is 1. The second-order valence-corrected chi connectivity index (χ2v) is 2.75. The molecule has 0 aliphatic heterocycles. The molecule has 64 valence electrons. The first kappa shape index (κ1) is 10.2. The van der Waals surface area contributed by atoms with Gasteiger partial charge in [-0.3, -0.25) is 4.79 Å². The largest absolute Gasteiger partial charge is 0.366 e. The van der Waals surface area contributed by atoms with Gasteiger partial charge in [-0.2, -0.15) is 0 Å². The van der Waals surface area contributed by atoms with Crippen LogP contribution in [0.5, 0.6) is 0 Å². The van der Waals surface area contributed by atoms with Crippen molar-refractivity contribution in [2.24, 2.45) is 5.73 Å². The van der Waals surface area contributed by atoms with Crippen molar-refractivity contribution >= 4 is 5.91 Å². The Morgan fingerprint density at radius 2 is 2.09 bits per heavy atom. The molecule has 0 aliphatic rings. The van der Waals surface area contributed by atoms with E-state index in [0.29, 0.717) is 5.57 Å². The molecule has 11 heavy (non-hydrogen) atoms. The van der Waals surface area contributed by atoms with Crippen molar-refractivity contribution in [2.75, 3.05) is 0 Å². The smallest absolute Gasteiger partial charge is 0.244 e. The third-order valence-corrected chi connectivity index (χ3v) is 1.65. The standard InChI is InChI=1S/C9H17NO/c1-3-4-5-6-7-8(2)9(10)11/h7H,3-6H2,1-2H3,(H2,10,11). The maximum Gasteiger partial charge on any atom is 0.244 e. The Morgan fingerprint density at radius 1 is 1.45 bits per heavy atom. The predicted octanol–water partition coefficient (Wildman–Crippen LogP) is 2.00. The predicted molar refractivity (Wildman–Crippen MR) is 47.1 cm³/mol. The van der Waals surface area contributed by atoms with E-state index in [1.807, 2.05) is 6.08 Å². The topological polar surface area (TPSA) is 43.1 Å². The van der Waals surface area contributed by atoms with Crippen LogP contribution in [0.3, 0.4) is 0 Å². The highest BCUT2D eigenvalue weighted by molar-refractivity contribution is 5.91. The second-order valence-electron chi connectivity index (χ2n) is 2.75. The molecule has 0 saturated heterocycles. The van der Waals surface area contributed by atoms with Crippen molar-refractivity contribution in [3.05, 3.63) is 11.6 Å². The zero-order valence-corrected chi connectivity index (χ0v) is 7.39. The van der Waals surface area contributed by atoms with E-state index < -0.39 is 0 Å². The molecule has 2 N–H and O–H groups in total. The summed E-state index contributed by atoms with van der Waals surface area (Å²) in [5.41, 5.74) is 5.73. The summed E-state index contributed by atoms with van der Waals surface area (Å²) in [4.78, 5) is 10.5. The highest BCUT2D eigenvalue weighted by Crippen LogP contribution is 2.02. The first-order valence-corrected chi connectivity index (χ1v) is 4.15. The van der Waals surface area contributed by atoms with Gasteiger partial charge in [0.2, 0.25) is 5.91 Å². The molecule has 0 radical (unpaired) electrons. The Labute approximate surface area is 68.5 Å². The van der Waals surface area contributed by atoms with Crippen LogP contribution >= 0.6 is 0 Å². The average molecular weight is 155 g/mol. The molecule has 0 atom stereocenters. The first-order chi connectivity index (χ1) is 5.18. The molecular weight excluding hydrogens is 138 g/mol. The van der Waals surface area contributed by atoms with Gasteiger partial charge in [-0.15, -0.1) is 0 Å². The fourth-order valence-electron chi connectivity index (χ4n) is 0.813. The summed E-state index contributed by atoms with van der Waals surface area (Å²) in [7, 11) is 0. The minimum atomic E-state index is -0.304. The lowest BCUT2D eigenvalue weighted by atomic mass is 10.1. The molecular formula is C9H17NO. The summed E-state index contributed by atoms with van der Waals surface area (Å²) in [5.74, 6) is -0.304. The van der Waals surface area contributed by atoms with Crippen LogP contribution in [0.25, 0.3) is 0 Å². The van der Waals surface area contributed by atoms with Crippen molar-refractivity contribution in [1.29, 1.82) is 0 Å². The zero-order valence-electron chi connectivity index (χ0n) is 7.39. The third-order valence-electron chi connectivity index (χ3n) is 1.65. The van der Waals surface area contributed by atoms with Gasteiger partial charge in [0.05, 0.1) is 0 Å². The molecule has 0 unspecified atom stereocenters. The zero-order chi connectivity index (χ0) is 8.69. The van der Waals surface area contributed by atoms with E-state index in [0.717, 1.165) is 12.8 Å². The van der Waals surface area contributed by atoms with Gasteiger partial charge in [-0.05, 0) is 19.8 Å². The van der Waals surface area contributed by atoms with E-state index in [4.69, 9.17) is 5.73 Å². The Hall–Kier alpha value is -0.790. The van der Waals surface area contributed by atoms with Crippen molar-refractivity contribution in [2.45, 2.75) is 39.5 Å². The Kier molecular flexibility index (Phi) is 5.53. The van der Waals surface area contributed by atoms with Crippen molar-refractivity contribution in [3.8, 4) is 0 Å². The molecule has 0 aromatic heterocycles. The summed E-state index contributed by atoms with van der Waals surface area (Å²) in [5, 5.41) is 0. The van der Waals surface area contributed by atoms with E-state index >= 15 is 0 Å². The maximum atomic E-state index is 10.5. The lowest BCUT2D eigenvalue weighted by molar-refractivity contribution is -0.114. The summed E-state index contributed by atoms with van der Waals surface area (Å²) < 4.78 is 0. The van der Waals surface area contributed by atoms with Crippen LogP contribution in [-0.4, -0.2) is 5.91 Å². The quantitative estimate of drug-likeness (QED) is 0.479. The number of hydrogen-bond donors (Lipinski definition) is 1. The van der Waals surface area contributed by atoms with Crippen LogP contribution in [0.4, 0.5) is 0 Å². The molecule has 0 fully saturated rings.